The zero-order valence-corrected chi connectivity index (χ0v) is 10.6. The Morgan fingerprint density at radius 3 is 2.58 bits per heavy atom. The van der Waals surface area contributed by atoms with Crippen molar-refractivity contribution in [3.63, 3.8) is 0 Å². The molecule has 1 heterocycles. The van der Waals surface area contributed by atoms with Crippen molar-refractivity contribution in [2.75, 3.05) is 0 Å². The van der Waals surface area contributed by atoms with Crippen LogP contribution in [-0.4, -0.2) is 21.0 Å². The Labute approximate surface area is 113 Å². The van der Waals surface area contributed by atoms with Crippen LogP contribution in [0.3, 0.4) is 0 Å². The fourth-order valence-electron chi connectivity index (χ4n) is 1.53. The molecule has 0 unspecified atom stereocenters. The highest BCUT2D eigenvalue weighted by molar-refractivity contribution is 6.30. The van der Waals surface area contributed by atoms with E-state index in [-0.39, 0.29) is 23.8 Å². The summed E-state index contributed by atoms with van der Waals surface area (Å²) in [5.41, 5.74) is 1.23. The fourth-order valence-corrected chi connectivity index (χ4v) is 1.76. The van der Waals surface area contributed by atoms with Crippen molar-refractivity contribution in [2.45, 2.75) is 12.8 Å². The highest BCUT2D eigenvalue weighted by atomic mass is 35.5. The monoisotopic (exact) mass is 280 g/mol. The average Bonchev–Trinajstić information content (AvgIpc) is 2.38. The zero-order chi connectivity index (χ0) is 13.8. The largest absolute Gasteiger partial charge is 0.481 e. The van der Waals surface area contributed by atoms with Gasteiger partial charge in [0.2, 0.25) is 0 Å². The molecule has 0 spiro atoms. The van der Waals surface area contributed by atoms with Crippen molar-refractivity contribution in [1.82, 2.24) is 9.97 Å². The minimum atomic E-state index is -0.904. The van der Waals surface area contributed by atoms with E-state index in [1.807, 2.05) is 0 Å². The van der Waals surface area contributed by atoms with Gasteiger partial charge in [0.1, 0.15) is 11.0 Å². The maximum Gasteiger partial charge on any atom is 0.303 e. The Hall–Kier alpha value is -2.01. The molecular weight excluding hydrogens is 271 g/mol. The number of nitrogens with zero attached hydrogens (tertiary/aromatic N) is 2. The van der Waals surface area contributed by atoms with Gasteiger partial charge in [-0.2, -0.15) is 0 Å². The van der Waals surface area contributed by atoms with Crippen LogP contribution >= 0.6 is 11.6 Å². The maximum atomic E-state index is 12.8. The molecule has 0 amide bonds. The number of carboxylic acids is 1. The van der Waals surface area contributed by atoms with Gasteiger partial charge in [0.15, 0.2) is 5.82 Å². The van der Waals surface area contributed by atoms with Gasteiger partial charge in [0.05, 0.1) is 0 Å². The number of aliphatic carboxylic acids is 1. The number of hydrogen-bond acceptors (Lipinski definition) is 3. The standard InChI is InChI=1S/C13H10ClFN2O2/c14-12-9(3-6-11(18)19)7-16-13(17-12)8-1-4-10(15)5-2-8/h1-2,4-5,7H,3,6H2,(H,18,19). The molecule has 1 N–H and O–H groups in total. The highest BCUT2D eigenvalue weighted by Gasteiger charge is 2.08. The van der Waals surface area contributed by atoms with Crippen molar-refractivity contribution in [3.05, 3.63) is 47.0 Å². The first-order valence-electron chi connectivity index (χ1n) is 5.55. The number of benzene rings is 1. The maximum absolute atomic E-state index is 12.8. The van der Waals surface area contributed by atoms with Gasteiger partial charge in [-0.3, -0.25) is 4.79 Å². The van der Waals surface area contributed by atoms with E-state index in [0.29, 0.717) is 17.0 Å². The van der Waals surface area contributed by atoms with Gasteiger partial charge in [-0.1, -0.05) is 11.6 Å². The second-order valence-corrected chi connectivity index (χ2v) is 4.27. The van der Waals surface area contributed by atoms with Crippen molar-refractivity contribution in [3.8, 4) is 11.4 Å². The third-order valence-electron chi connectivity index (χ3n) is 2.52. The van der Waals surface area contributed by atoms with Crippen LogP contribution in [0.5, 0.6) is 0 Å². The number of aromatic nitrogens is 2. The molecule has 19 heavy (non-hydrogen) atoms. The lowest BCUT2D eigenvalue weighted by molar-refractivity contribution is -0.136. The second kappa shape index (κ2) is 5.75. The molecule has 1 aromatic heterocycles. The number of hydrogen-bond donors (Lipinski definition) is 1. The molecule has 6 heteroatoms. The Kier molecular flexibility index (Phi) is 4.06. The number of aryl methyl sites for hydroxylation is 1. The van der Waals surface area contributed by atoms with Crippen LogP contribution in [0, 0.1) is 5.82 Å². The van der Waals surface area contributed by atoms with Crippen LogP contribution in [-0.2, 0) is 11.2 Å². The van der Waals surface area contributed by atoms with E-state index in [1.165, 1.54) is 18.3 Å². The van der Waals surface area contributed by atoms with Crippen LogP contribution in [0.25, 0.3) is 11.4 Å². The van der Waals surface area contributed by atoms with Crippen LogP contribution < -0.4 is 0 Å². The lowest BCUT2D eigenvalue weighted by atomic mass is 10.1. The third kappa shape index (κ3) is 3.48. The van der Waals surface area contributed by atoms with Gasteiger partial charge in [-0.25, -0.2) is 14.4 Å². The molecule has 0 saturated carbocycles. The number of carbonyl (C=O) groups is 1. The number of carboxylic acid groups (broad SMARTS) is 1. The summed E-state index contributed by atoms with van der Waals surface area (Å²) in [6, 6.07) is 5.73. The third-order valence-corrected chi connectivity index (χ3v) is 2.85. The van der Waals surface area contributed by atoms with Gasteiger partial charge in [0.25, 0.3) is 0 Å². The lowest BCUT2D eigenvalue weighted by Crippen LogP contribution is -2.00. The van der Waals surface area contributed by atoms with Crippen molar-refractivity contribution in [2.24, 2.45) is 0 Å². The van der Waals surface area contributed by atoms with Gasteiger partial charge in [-0.05, 0) is 30.7 Å². The van der Waals surface area contributed by atoms with Crippen LogP contribution in [0.4, 0.5) is 4.39 Å². The Morgan fingerprint density at radius 2 is 2.00 bits per heavy atom. The molecule has 0 aliphatic rings. The van der Waals surface area contributed by atoms with Gasteiger partial charge >= 0.3 is 5.97 Å². The minimum Gasteiger partial charge on any atom is -0.481 e. The topological polar surface area (TPSA) is 63.1 Å². The molecule has 98 valence electrons. The molecule has 4 nitrogen and oxygen atoms in total. The van der Waals surface area contributed by atoms with Gasteiger partial charge in [-0.15, -0.1) is 0 Å². The molecule has 0 saturated heterocycles. The van der Waals surface area contributed by atoms with E-state index >= 15 is 0 Å². The molecule has 0 fully saturated rings. The summed E-state index contributed by atoms with van der Waals surface area (Å²) in [5.74, 6) is -0.865. The van der Waals surface area contributed by atoms with Crippen LogP contribution in [0.15, 0.2) is 30.5 Å². The SMILES string of the molecule is O=C(O)CCc1cnc(-c2ccc(F)cc2)nc1Cl. The van der Waals surface area contributed by atoms with E-state index in [2.05, 4.69) is 9.97 Å². The molecular formula is C13H10ClFN2O2. The van der Waals surface area contributed by atoms with Crippen molar-refractivity contribution >= 4 is 17.6 Å². The summed E-state index contributed by atoms with van der Waals surface area (Å²) < 4.78 is 12.8. The fraction of sp³-hybridized carbons (Fsp3) is 0.154. The Morgan fingerprint density at radius 1 is 1.32 bits per heavy atom. The summed E-state index contributed by atoms with van der Waals surface area (Å²) in [4.78, 5) is 18.7. The average molecular weight is 281 g/mol. The van der Waals surface area contributed by atoms with Crippen LogP contribution in [0.2, 0.25) is 5.15 Å². The molecule has 2 aromatic rings. The van der Waals surface area contributed by atoms with E-state index in [9.17, 15) is 9.18 Å². The zero-order valence-electron chi connectivity index (χ0n) is 9.81. The normalized spacial score (nSPS) is 10.4. The number of halogens is 2. The molecule has 0 atom stereocenters. The quantitative estimate of drug-likeness (QED) is 0.875. The first-order valence-corrected chi connectivity index (χ1v) is 5.93. The molecule has 0 bridgehead atoms. The molecule has 1 aromatic carbocycles. The Bertz CT molecular complexity index is 602. The highest BCUT2D eigenvalue weighted by Crippen LogP contribution is 2.20. The predicted octanol–water partition coefficient (Wildman–Crippen LogP) is 2.95. The summed E-state index contributed by atoms with van der Waals surface area (Å²) in [7, 11) is 0. The van der Waals surface area contributed by atoms with E-state index in [1.54, 1.807) is 12.1 Å². The minimum absolute atomic E-state index is 0.0288. The van der Waals surface area contributed by atoms with Gasteiger partial charge < -0.3 is 5.11 Å². The molecule has 0 aliphatic carbocycles. The first-order chi connectivity index (χ1) is 9.06. The lowest BCUT2D eigenvalue weighted by Gasteiger charge is -2.04. The molecule has 0 radical (unpaired) electrons. The predicted molar refractivity (Wildman–Crippen MR) is 68.4 cm³/mol. The summed E-state index contributed by atoms with van der Waals surface area (Å²) >= 11 is 5.98. The number of rotatable bonds is 4. The molecule has 0 aliphatic heterocycles. The first kappa shape index (κ1) is 13.4. The van der Waals surface area contributed by atoms with Crippen molar-refractivity contribution in [1.29, 1.82) is 0 Å². The van der Waals surface area contributed by atoms with E-state index in [4.69, 9.17) is 16.7 Å². The van der Waals surface area contributed by atoms with E-state index in [0.717, 1.165) is 0 Å². The van der Waals surface area contributed by atoms with Crippen molar-refractivity contribution < 1.29 is 14.3 Å². The summed E-state index contributed by atoms with van der Waals surface area (Å²) in [5, 5.41) is 8.82. The van der Waals surface area contributed by atoms with Gasteiger partial charge in [0, 0.05) is 23.7 Å². The second-order valence-electron chi connectivity index (χ2n) is 3.91. The Balaban J connectivity index is 2.23. The van der Waals surface area contributed by atoms with E-state index < -0.39 is 5.97 Å². The van der Waals surface area contributed by atoms with Crippen LogP contribution in [0.1, 0.15) is 12.0 Å². The summed E-state index contributed by atoms with van der Waals surface area (Å²) in [6.45, 7) is 0. The smallest absolute Gasteiger partial charge is 0.303 e. The summed E-state index contributed by atoms with van der Waals surface area (Å²) in [6.07, 6.45) is 1.74. The molecule has 2 rings (SSSR count).